The number of benzene rings is 1. The number of rotatable bonds is 6. The minimum Gasteiger partial charge on any atom is -0.390 e. The fraction of sp³-hybridized carbons (Fsp3) is 0.571. The molecule has 0 bridgehead atoms. The lowest BCUT2D eigenvalue weighted by Crippen LogP contribution is -2.55. The van der Waals surface area contributed by atoms with Crippen LogP contribution in [0.3, 0.4) is 0 Å². The number of hydrogen-bond acceptors (Lipinski definition) is 7. The van der Waals surface area contributed by atoms with Crippen molar-refractivity contribution in [2.45, 2.75) is 64.2 Å². The van der Waals surface area contributed by atoms with Gasteiger partial charge in [-0.2, -0.15) is 5.10 Å². The Morgan fingerprint density at radius 3 is 2.32 bits per heavy atom. The van der Waals surface area contributed by atoms with E-state index in [4.69, 9.17) is 0 Å². The highest BCUT2D eigenvalue weighted by atomic mass is 16.3. The zero-order valence-corrected chi connectivity index (χ0v) is 22.3. The lowest BCUT2D eigenvalue weighted by Gasteiger charge is -2.46. The van der Waals surface area contributed by atoms with Gasteiger partial charge < -0.3 is 20.0 Å². The third-order valence-corrected chi connectivity index (χ3v) is 8.86. The number of carbonyl (C=O) groups excluding carboxylic acids is 1. The van der Waals surface area contributed by atoms with Crippen LogP contribution in [0.15, 0.2) is 41.6 Å². The number of anilines is 1. The Kier molecular flexibility index (Phi) is 5.70. The van der Waals surface area contributed by atoms with Gasteiger partial charge in [-0.05, 0) is 63.8 Å². The molecule has 38 heavy (non-hydrogen) atoms. The zero-order valence-electron chi connectivity index (χ0n) is 22.3. The monoisotopic (exact) mass is 520 g/mol. The zero-order chi connectivity index (χ0) is 26.9. The number of amides is 1. The first-order chi connectivity index (χ1) is 18.0. The number of likely N-dealkylation sites (tertiary alicyclic amines) is 1. The van der Waals surface area contributed by atoms with Crippen molar-refractivity contribution in [2.75, 3.05) is 31.1 Å². The molecule has 0 radical (unpaired) electrons. The first-order valence-corrected chi connectivity index (χ1v) is 13.5. The predicted octanol–water partition coefficient (Wildman–Crippen LogP) is 1.94. The molecule has 0 spiro atoms. The second kappa shape index (κ2) is 8.64. The van der Waals surface area contributed by atoms with E-state index in [1.165, 1.54) is 17.1 Å². The molecule has 10 nitrogen and oxygen atoms in total. The molecule has 0 unspecified atom stereocenters. The highest BCUT2D eigenvalue weighted by Gasteiger charge is 2.48. The number of aliphatic hydroxyl groups is 2. The minimum absolute atomic E-state index is 0.134. The van der Waals surface area contributed by atoms with E-state index in [1.54, 1.807) is 4.68 Å². The van der Waals surface area contributed by atoms with Gasteiger partial charge in [0, 0.05) is 43.2 Å². The Labute approximate surface area is 221 Å². The third-order valence-electron chi connectivity index (χ3n) is 8.86. The normalized spacial score (nSPS) is 21.0. The summed E-state index contributed by atoms with van der Waals surface area (Å²) in [6, 6.07) is 7.93. The number of hydrogen-bond donors (Lipinski definition) is 2. The Hall–Kier alpha value is -3.24. The summed E-state index contributed by atoms with van der Waals surface area (Å²) in [7, 11) is 0. The van der Waals surface area contributed by atoms with E-state index in [1.807, 2.05) is 49.9 Å². The van der Waals surface area contributed by atoms with Crippen LogP contribution in [0.5, 0.6) is 0 Å². The number of fused-ring (bicyclic) bond motifs is 1. The lowest BCUT2D eigenvalue weighted by atomic mass is 9.84. The van der Waals surface area contributed by atoms with Gasteiger partial charge in [0.2, 0.25) is 5.91 Å². The van der Waals surface area contributed by atoms with Gasteiger partial charge in [-0.1, -0.05) is 6.92 Å². The van der Waals surface area contributed by atoms with Crippen LogP contribution in [-0.2, 0) is 11.3 Å². The summed E-state index contributed by atoms with van der Waals surface area (Å²) in [6.45, 7) is 8.47. The van der Waals surface area contributed by atoms with E-state index in [0.29, 0.717) is 37.0 Å². The SMILES string of the molecule is CC1(C(=O)N2CCC(O)(Cn3cnc4c(cnn4-c4ccc(N5CC(C(C)(C)O)C5)cc4)c3=O)CC2)CC1. The van der Waals surface area contributed by atoms with Crippen molar-refractivity contribution in [1.82, 2.24) is 24.2 Å². The second-order valence-electron chi connectivity index (χ2n) is 12.3. The van der Waals surface area contributed by atoms with Crippen LogP contribution in [0.1, 0.15) is 46.5 Å². The van der Waals surface area contributed by atoms with E-state index in [2.05, 4.69) is 15.0 Å². The van der Waals surface area contributed by atoms with E-state index in [0.717, 1.165) is 37.3 Å². The molecular formula is C28H36N6O4. The molecule has 1 aromatic carbocycles. The van der Waals surface area contributed by atoms with E-state index >= 15 is 0 Å². The molecule has 2 saturated heterocycles. The van der Waals surface area contributed by atoms with Gasteiger partial charge in [-0.3, -0.25) is 14.2 Å². The van der Waals surface area contributed by atoms with Crippen LogP contribution >= 0.6 is 0 Å². The minimum atomic E-state index is -1.06. The summed E-state index contributed by atoms with van der Waals surface area (Å²) < 4.78 is 3.11. The Morgan fingerprint density at radius 2 is 1.71 bits per heavy atom. The molecule has 2 aliphatic heterocycles. The molecule has 0 atom stereocenters. The van der Waals surface area contributed by atoms with Gasteiger partial charge in [-0.15, -0.1) is 0 Å². The van der Waals surface area contributed by atoms with Crippen LogP contribution in [0.25, 0.3) is 16.7 Å². The first-order valence-electron chi connectivity index (χ1n) is 13.5. The largest absolute Gasteiger partial charge is 0.390 e. The number of piperidine rings is 1. The molecule has 3 aromatic rings. The van der Waals surface area contributed by atoms with Gasteiger partial charge in [0.15, 0.2) is 5.65 Å². The van der Waals surface area contributed by atoms with E-state index in [-0.39, 0.29) is 29.3 Å². The predicted molar refractivity (Wildman–Crippen MR) is 143 cm³/mol. The summed E-state index contributed by atoms with van der Waals surface area (Å²) in [6.07, 6.45) is 5.74. The summed E-state index contributed by atoms with van der Waals surface area (Å²) in [5, 5.41) is 26.2. The van der Waals surface area contributed by atoms with Crippen LogP contribution in [-0.4, -0.2) is 77.7 Å². The standard InChI is InChI=1S/C28H36N6O4/c1-26(2,37)19-15-32(16-19)20-4-6-21(7-5-20)34-23-22(14-30-34)24(35)33(18-29-23)17-28(38)10-12-31(13-11-28)25(36)27(3)8-9-27/h4-7,14,18-19,37-38H,8-13,15-17H2,1-3H3. The fourth-order valence-corrected chi connectivity index (χ4v) is 5.58. The topological polar surface area (TPSA) is 117 Å². The smallest absolute Gasteiger partial charge is 0.264 e. The second-order valence-corrected chi connectivity index (χ2v) is 12.3. The molecule has 1 saturated carbocycles. The summed E-state index contributed by atoms with van der Waals surface area (Å²) in [5.41, 5.74) is 0.151. The molecule has 1 aliphatic carbocycles. The van der Waals surface area contributed by atoms with E-state index in [9.17, 15) is 19.8 Å². The fourth-order valence-electron chi connectivity index (χ4n) is 5.58. The molecule has 2 aromatic heterocycles. The van der Waals surface area contributed by atoms with Crippen molar-refractivity contribution in [3.8, 4) is 5.69 Å². The molecule has 6 rings (SSSR count). The molecule has 10 heteroatoms. The van der Waals surface area contributed by atoms with Crippen molar-refractivity contribution in [3.05, 3.63) is 47.1 Å². The van der Waals surface area contributed by atoms with Crippen LogP contribution < -0.4 is 10.5 Å². The van der Waals surface area contributed by atoms with Gasteiger partial charge in [-0.25, -0.2) is 9.67 Å². The van der Waals surface area contributed by atoms with Crippen LogP contribution in [0, 0.1) is 11.3 Å². The average molecular weight is 521 g/mol. The van der Waals surface area contributed by atoms with Crippen molar-refractivity contribution in [2.24, 2.45) is 11.3 Å². The van der Waals surface area contributed by atoms with E-state index < -0.39 is 11.2 Å². The molecule has 202 valence electrons. The summed E-state index contributed by atoms with van der Waals surface area (Å²) >= 11 is 0. The Balaban J connectivity index is 1.15. The maximum Gasteiger partial charge on any atom is 0.264 e. The maximum absolute atomic E-state index is 13.3. The van der Waals surface area contributed by atoms with Crippen molar-refractivity contribution < 1.29 is 15.0 Å². The molecule has 3 fully saturated rings. The molecule has 2 N–H and O–H groups in total. The van der Waals surface area contributed by atoms with Crippen LogP contribution in [0.4, 0.5) is 5.69 Å². The van der Waals surface area contributed by atoms with Gasteiger partial charge in [0.05, 0.1) is 29.6 Å². The number of carbonyl (C=O) groups is 1. The van der Waals surface area contributed by atoms with Gasteiger partial charge in [0.1, 0.15) is 11.7 Å². The van der Waals surface area contributed by atoms with Crippen molar-refractivity contribution in [3.63, 3.8) is 0 Å². The lowest BCUT2D eigenvalue weighted by molar-refractivity contribution is -0.141. The van der Waals surface area contributed by atoms with Gasteiger partial charge in [0.25, 0.3) is 5.56 Å². The molecular weight excluding hydrogens is 484 g/mol. The highest BCUT2D eigenvalue weighted by molar-refractivity contribution is 5.85. The Morgan fingerprint density at radius 1 is 1.08 bits per heavy atom. The summed E-state index contributed by atoms with van der Waals surface area (Å²) in [5.74, 6) is 0.436. The quantitative estimate of drug-likeness (QED) is 0.510. The molecule has 3 aliphatic rings. The highest BCUT2D eigenvalue weighted by Crippen LogP contribution is 2.47. The van der Waals surface area contributed by atoms with Gasteiger partial charge >= 0.3 is 0 Å². The molecule has 4 heterocycles. The number of nitrogens with zero attached hydrogens (tertiary/aromatic N) is 6. The Bertz CT molecular complexity index is 1420. The molecule has 1 amide bonds. The third kappa shape index (κ3) is 4.39. The maximum atomic E-state index is 13.3. The summed E-state index contributed by atoms with van der Waals surface area (Å²) in [4.78, 5) is 34.5. The van der Waals surface area contributed by atoms with Crippen LogP contribution in [0.2, 0.25) is 0 Å². The average Bonchev–Trinajstić information content (AvgIpc) is 3.44. The number of aromatic nitrogens is 4. The first kappa shape index (κ1) is 25.1. The van der Waals surface area contributed by atoms with Crippen molar-refractivity contribution in [1.29, 1.82) is 0 Å². The van der Waals surface area contributed by atoms with Crippen molar-refractivity contribution >= 4 is 22.6 Å².